The van der Waals surface area contributed by atoms with E-state index in [2.05, 4.69) is 29.0 Å². The fourth-order valence-electron chi connectivity index (χ4n) is 5.71. The average Bonchev–Trinajstić information content (AvgIpc) is 2.91. The maximum atomic E-state index is 13.2. The van der Waals surface area contributed by atoms with Crippen molar-refractivity contribution in [3.8, 4) is 5.75 Å². The normalized spacial score (nSPS) is 21.5. The van der Waals surface area contributed by atoms with Crippen LogP contribution < -0.4 is 15.0 Å². The van der Waals surface area contributed by atoms with E-state index in [1.807, 2.05) is 29.2 Å². The maximum absolute atomic E-state index is 13.2. The SMILES string of the molecule is COc1cccc(NC(=O)CC[C@H]2CN(C(C)C)CC[C@H]2N2CCN(c3cccc(C(F)(F)F)c3)CC2)c1. The van der Waals surface area contributed by atoms with Crippen molar-refractivity contribution < 1.29 is 22.7 Å². The number of piperidine rings is 1. The second-order valence-electron chi connectivity index (χ2n) is 10.6. The lowest BCUT2D eigenvalue weighted by atomic mass is 9.86. The number of amides is 1. The van der Waals surface area contributed by atoms with Crippen LogP contribution in [0.1, 0.15) is 38.7 Å². The number of methoxy groups -OCH3 is 1. The zero-order chi connectivity index (χ0) is 27.3. The highest BCUT2D eigenvalue weighted by molar-refractivity contribution is 5.90. The minimum Gasteiger partial charge on any atom is -0.497 e. The predicted molar refractivity (Wildman–Crippen MR) is 145 cm³/mol. The van der Waals surface area contributed by atoms with Crippen molar-refractivity contribution in [2.75, 3.05) is 56.6 Å². The number of nitrogens with zero attached hydrogens (tertiary/aromatic N) is 3. The number of carbonyl (C=O) groups excluding carboxylic acids is 1. The van der Waals surface area contributed by atoms with Crippen molar-refractivity contribution in [3.63, 3.8) is 0 Å². The third kappa shape index (κ3) is 7.20. The van der Waals surface area contributed by atoms with E-state index in [0.717, 1.165) is 50.8 Å². The summed E-state index contributed by atoms with van der Waals surface area (Å²) in [4.78, 5) is 19.8. The molecular formula is C29H39F3N4O2. The van der Waals surface area contributed by atoms with Crippen LogP contribution in [0.2, 0.25) is 0 Å². The van der Waals surface area contributed by atoms with Crippen LogP contribution >= 0.6 is 0 Å². The third-order valence-corrected chi connectivity index (χ3v) is 7.87. The lowest BCUT2D eigenvalue weighted by molar-refractivity contribution is -0.137. The number of hydrogen-bond acceptors (Lipinski definition) is 5. The first-order valence-electron chi connectivity index (χ1n) is 13.5. The van der Waals surface area contributed by atoms with Gasteiger partial charge in [0.15, 0.2) is 0 Å². The number of anilines is 2. The zero-order valence-corrected chi connectivity index (χ0v) is 22.5. The molecule has 0 saturated carbocycles. The number of halogens is 3. The van der Waals surface area contributed by atoms with Gasteiger partial charge in [0.05, 0.1) is 12.7 Å². The highest BCUT2D eigenvalue weighted by atomic mass is 19.4. The van der Waals surface area contributed by atoms with Crippen LogP contribution in [0, 0.1) is 5.92 Å². The molecule has 0 spiro atoms. The van der Waals surface area contributed by atoms with Gasteiger partial charge in [-0.2, -0.15) is 13.2 Å². The minimum absolute atomic E-state index is 0.00645. The molecule has 1 N–H and O–H groups in total. The van der Waals surface area contributed by atoms with Crippen LogP contribution in [-0.2, 0) is 11.0 Å². The number of carbonyl (C=O) groups is 1. The average molecular weight is 533 g/mol. The molecule has 2 fully saturated rings. The Hall–Kier alpha value is -2.78. The molecule has 0 bridgehead atoms. The molecule has 208 valence electrons. The lowest BCUT2D eigenvalue weighted by Crippen LogP contribution is -2.57. The van der Waals surface area contributed by atoms with E-state index < -0.39 is 11.7 Å². The number of alkyl halides is 3. The number of rotatable bonds is 8. The van der Waals surface area contributed by atoms with Crippen LogP contribution in [0.25, 0.3) is 0 Å². The van der Waals surface area contributed by atoms with Gasteiger partial charge < -0.3 is 19.9 Å². The summed E-state index contributed by atoms with van der Waals surface area (Å²) < 4.78 is 44.8. The van der Waals surface area contributed by atoms with Gasteiger partial charge in [-0.25, -0.2) is 0 Å². The maximum Gasteiger partial charge on any atom is 0.416 e. The summed E-state index contributed by atoms with van der Waals surface area (Å²) in [6.07, 6.45) is -2.08. The van der Waals surface area contributed by atoms with Crippen LogP contribution in [0.15, 0.2) is 48.5 Å². The van der Waals surface area contributed by atoms with Crippen LogP contribution in [-0.4, -0.2) is 74.2 Å². The summed E-state index contributed by atoms with van der Waals surface area (Å²) in [7, 11) is 1.60. The van der Waals surface area contributed by atoms with Crippen molar-refractivity contribution in [2.24, 2.45) is 5.92 Å². The first-order chi connectivity index (χ1) is 18.1. The van der Waals surface area contributed by atoms with Gasteiger partial charge in [-0.1, -0.05) is 12.1 Å². The van der Waals surface area contributed by atoms with Gasteiger partial charge in [-0.3, -0.25) is 9.69 Å². The summed E-state index contributed by atoms with van der Waals surface area (Å²) in [6, 6.07) is 13.8. The molecule has 2 aromatic carbocycles. The third-order valence-electron chi connectivity index (χ3n) is 7.87. The van der Waals surface area contributed by atoms with Gasteiger partial charge in [-0.15, -0.1) is 0 Å². The van der Waals surface area contributed by atoms with Crippen molar-refractivity contribution in [2.45, 2.75) is 51.4 Å². The molecule has 0 aromatic heterocycles. The monoisotopic (exact) mass is 532 g/mol. The second kappa shape index (κ2) is 12.4. The summed E-state index contributed by atoms with van der Waals surface area (Å²) >= 11 is 0. The quantitative estimate of drug-likeness (QED) is 0.497. The summed E-state index contributed by atoms with van der Waals surface area (Å²) in [6.45, 7) is 9.36. The molecule has 38 heavy (non-hydrogen) atoms. The van der Waals surface area contributed by atoms with Crippen molar-refractivity contribution in [1.82, 2.24) is 9.80 Å². The van der Waals surface area contributed by atoms with Gasteiger partial charge in [0.1, 0.15) is 5.75 Å². The van der Waals surface area contributed by atoms with Crippen molar-refractivity contribution in [1.29, 1.82) is 0 Å². The molecule has 9 heteroatoms. The molecule has 2 atom stereocenters. The van der Waals surface area contributed by atoms with Gasteiger partial charge in [0.2, 0.25) is 5.91 Å². The number of ether oxygens (including phenoxy) is 1. The largest absolute Gasteiger partial charge is 0.497 e. The van der Waals surface area contributed by atoms with E-state index in [1.54, 1.807) is 13.2 Å². The predicted octanol–water partition coefficient (Wildman–Crippen LogP) is 5.35. The lowest BCUT2D eigenvalue weighted by Gasteiger charge is -2.48. The fourth-order valence-corrected chi connectivity index (χ4v) is 5.71. The number of benzene rings is 2. The number of hydrogen-bond donors (Lipinski definition) is 1. The van der Waals surface area contributed by atoms with E-state index in [4.69, 9.17) is 4.74 Å². The Morgan fingerprint density at radius 1 is 1.05 bits per heavy atom. The molecule has 2 aliphatic rings. The van der Waals surface area contributed by atoms with Crippen LogP contribution in [0.3, 0.4) is 0 Å². The fraction of sp³-hybridized carbons (Fsp3) is 0.552. The van der Waals surface area contributed by atoms with Gasteiger partial charge in [-0.05, 0) is 69.5 Å². The molecular weight excluding hydrogens is 493 g/mol. The summed E-state index contributed by atoms with van der Waals surface area (Å²) in [5, 5.41) is 2.99. The Morgan fingerprint density at radius 3 is 2.47 bits per heavy atom. The standard InChI is InChI=1S/C29H39F3N4O2/c1-21(2)36-13-12-27(22(20-36)10-11-28(37)33-24-7-5-9-26(19-24)38-3)35-16-14-34(15-17-35)25-8-4-6-23(18-25)29(30,31)32/h4-9,18-19,21-22,27H,10-17,20H2,1-3H3,(H,33,37)/t22-,27+/m0/s1. The number of likely N-dealkylation sites (tertiary alicyclic amines) is 1. The highest BCUT2D eigenvalue weighted by Crippen LogP contribution is 2.33. The van der Waals surface area contributed by atoms with Crippen LogP contribution in [0.5, 0.6) is 5.75 Å². The van der Waals surface area contributed by atoms with Crippen molar-refractivity contribution in [3.05, 3.63) is 54.1 Å². The van der Waals surface area contributed by atoms with E-state index in [0.29, 0.717) is 48.9 Å². The molecule has 0 aliphatic carbocycles. The first-order valence-corrected chi connectivity index (χ1v) is 13.5. The Labute approximate surface area is 223 Å². The highest BCUT2D eigenvalue weighted by Gasteiger charge is 2.36. The van der Waals surface area contributed by atoms with E-state index in [1.165, 1.54) is 12.1 Å². The number of nitrogens with one attached hydrogen (secondary N) is 1. The van der Waals surface area contributed by atoms with E-state index in [9.17, 15) is 18.0 Å². The first kappa shape index (κ1) is 28.2. The topological polar surface area (TPSA) is 48.1 Å². The Bertz CT molecular complexity index is 1070. The molecule has 2 aliphatic heterocycles. The van der Waals surface area contributed by atoms with E-state index >= 15 is 0 Å². The molecule has 2 saturated heterocycles. The Kier molecular flexibility index (Phi) is 9.20. The van der Waals surface area contributed by atoms with Gasteiger partial charge in [0, 0.05) is 68.7 Å². The summed E-state index contributed by atoms with van der Waals surface area (Å²) in [5.41, 5.74) is 0.745. The number of piperazine rings is 1. The Morgan fingerprint density at radius 2 is 1.79 bits per heavy atom. The second-order valence-corrected chi connectivity index (χ2v) is 10.6. The van der Waals surface area contributed by atoms with E-state index in [-0.39, 0.29) is 5.91 Å². The molecule has 2 heterocycles. The van der Waals surface area contributed by atoms with Crippen LogP contribution in [0.4, 0.5) is 24.5 Å². The zero-order valence-electron chi connectivity index (χ0n) is 22.5. The minimum atomic E-state index is -4.34. The molecule has 6 nitrogen and oxygen atoms in total. The Balaban J connectivity index is 1.36. The molecule has 2 aromatic rings. The summed E-state index contributed by atoms with van der Waals surface area (Å²) in [5.74, 6) is 1.04. The van der Waals surface area contributed by atoms with Crippen molar-refractivity contribution >= 4 is 17.3 Å². The van der Waals surface area contributed by atoms with Gasteiger partial charge >= 0.3 is 6.18 Å². The smallest absolute Gasteiger partial charge is 0.416 e. The molecule has 4 rings (SSSR count). The molecule has 0 radical (unpaired) electrons. The van der Waals surface area contributed by atoms with Gasteiger partial charge in [0.25, 0.3) is 0 Å². The molecule has 0 unspecified atom stereocenters. The molecule has 1 amide bonds.